The molecule has 0 heterocycles. The van der Waals surface area contributed by atoms with Crippen molar-refractivity contribution in [3.05, 3.63) is 58.6 Å². The summed E-state index contributed by atoms with van der Waals surface area (Å²) in [6.45, 7) is 2.39. The molecule has 3 nitrogen and oxygen atoms in total. The monoisotopic (exact) mass is 305 g/mol. The standard InChI is InChI=1S/C17H20ClNO2/c1-12(19)9-13-7-8-15(20-2)10-17(13)21-11-14-5-3-4-6-16(14)18/h3-8,10,12H,9,11,19H2,1-2H3. The molecule has 4 heteroatoms. The summed E-state index contributed by atoms with van der Waals surface area (Å²) in [6, 6.07) is 13.5. The zero-order chi connectivity index (χ0) is 15.2. The minimum absolute atomic E-state index is 0.0704. The lowest BCUT2D eigenvalue weighted by Gasteiger charge is -2.15. The number of methoxy groups -OCH3 is 1. The van der Waals surface area contributed by atoms with Crippen molar-refractivity contribution in [3.63, 3.8) is 0 Å². The fraction of sp³-hybridized carbons (Fsp3) is 0.294. The lowest BCUT2D eigenvalue weighted by molar-refractivity contribution is 0.300. The van der Waals surface area contributed by atoms with Crippen LogP contribution in [0.3, 0.4) is 0 Å². The SMILES string of the molecule is COc1ccc(CC(C)N)c(OCc2ccccc2Cl)c1. The maximum absolute atomic E-state index is 6.15. The summed E-state index contributed by atoms with van der Waals surface area (Å²) in [5.41, 5.74) is 7.91. The molecule has 2 N–H and O–H groups in total. The fourth-order valence-electron chi connectivity index (χ4n) is 2.08. The van der Waals surface area contributed by atoms with Crippen molar-refractivity contribution in [2.45, 2.75) is 26.0 Å². The van der Waals surface area contributed by atoms with Crippen LogP contribution < -0.4 is 15.2 Å². The Hall–Kier alpha value is -1.71. The first kappa shape index (κ1) is 15.7. The van der Waals surface area contributed by atoms with E-state index in [0.29, 0.717) is 11.6 Å². The first-order valence-electron chi connectivity index (χ1n) is 6.89. The van der Waals surface area contributed by atoms with E-state index in [1.807, 2.05) is 49.4 Å². The van der Waals surface area contributed by atoms with Crippen LogP contribution in [0.4, 0.5) is 0 Å². The molecule has 2 rings (SSSR count). The lowest BCUT2D eigenvalue weighted by atomic mass is 10.1. The minimum atomic E-state index is 0.0704. The smallest absolute Gasteiger partial charge is 0.126 e. The number of hydrogen-bond acceptors (Lipinski definition) is 3. The van der Waals surface area contributed by atoms with Crippen molar-refractivity contribution in [2.75, 3.05) is 7.11 Å². The molecule has 0 aliphatic heterocycles. The quantitative estimate of drug-likeness (QED) is 0.882. The highest BCUT2D eigenvalue weighted by molar-refractivity contribution is 6.31. The molecule has 2 aromatic rings. The van der Waals surface area contributed by atoms with Gasteiger partial charge in [0.1, 0.15) is 18.1 Å². The Morgan fingerprint density at radius 2 is 1.90 bits per heavy atom. The van der Waals surface area contributed by atoms with E-state index in [0.717, 1.165) is 29.0 Å². The van der Waals surface area contributed by atoms with E-state index in [1.54, 1.807) is 7.11 Å². The van der Waals surface area contributed by atoms with Crippen molar-refractivity contribution in [3.8, 4) is 11.5 Å². The summed E-state index contributed by atoms with van der Waals surface area (Å²) in [4.78, 5) is 0. The van der Waals surface area contributed by atoms with Crippen molar-refractivity contribution >= 4 is 11.6 Å². The maximum Gasteiger partial charge on any atom is 0.126 e. The van der Waals surface area contributed by atoms with Crippen LogP contribution in [0.5, 0.6) is 11.5 Å². The van der Waals surface area contributed by atoms with E-state index in [2.05, 4.69) is 0 Å². The molecule has 112 valence electrons. The lowest BCUT2D eigenvalue weighted by Crippen LogP contribution is -2.18. The molecule has 0 fully saturated rings. The summed E-state index contributed by atoms with van der Waals surface area (Å²) < 4.78 is 11.2. The number of hydrogen-bond donors (Lipinski definition) is 1. The van der Waals surface area contributed by atoms with E-state index in [4.69, 9.17) is 26.8 Å². The Morgan fingerprint density at radius 1 is 1.14 bits per heavy atom. The number of benzene rings is 2. The Balaban J connectivity index is 2.18. The van der Waals surface area contributed by atoms with Crippen LogP contribution in [-0.2, 0) is 13.0 Å². The molecule has 0 saturated carbocycles. The average molecular weight is 306 g/mol. The molecule has 1 unspecified atom stereocenters. The first-order valence-corrected chi connectivity index (χ1v) is 7.26. The van der Waals surface area contributed by atoms with Crippen LogP contribution in [0, 0.1) is 0 Å². The normalized spacial score (nSPS) is 12.0. The largest absolute Gasteiger partial charge is 0.497 e. The van der Waals surface area contributed by atoms with E-state index in [1.165, 1.54) is 0 Å². The fourth-order valence-corrected chi connectivity index (χ4v) is 2.27. The molecular weight excluding hydrogens is 286 g/mol. The van der Waals surface area contributed by atoms with Gasteiger partial charge < -0.3 is 15.2 Å². The van der Waals surface area contributed by atoms with Crippen LogP contribution >= 0.6 is 11.6 Å². The summed E-state index contributed by atoms with van der Waals surface area (Å²) in [5, 5.41) is 0.703. The van der Waals surface area contributed by atoms with Crippen molar-refractivity contribution < 1.29 is 9.47 Å². The molecule has 0 bridgehead atoms. The van der Waals surface area contributed by atoms with E-state index in [9.17, 15) is 0 Å². The van der Waals surface area contributed by atoms with E-state index < -0.39 is 0 Å². The van der Waals surface area contributed by atoms with E-state index in [-0.39, 0.29) is 6.04 Å². The number of halogens is 1. The van der Waals surface area contributed by atoms with Crippen LogP contribution in [0.2, 0.25) is 5.02 Å². The van der Waals surface area contributed by atoms with Gasteiger partial charge in [-0.15, -0.1) is 0 Å². The molecule has 0 spiro atoms. The second-order valence-electron chi connectivity index (χ2n) is 5.04. The molecule has 21 heavy (non-hydrogen) atoms. The molecule has 0 radical (unpaired) electrons. The third-order valence-electron chi connectivity index (χ3n) is 3.16. The Labute approximate surface area is 130 Å². The van der Waals surface area contributed by atoms with Gasteiger partial charge in [0.05, 0.1) is 7.11 Å². The van der Waals surface area contributed by atoms with Crippen molar-refractivity contribution in [2.24, 2.45) is 5.73 Å². The third kappa shape index (κ3) is 4.38. The second-order valence-corrected chi connectivity index (χ2v) is 5.44. The van der Waals surface area contributed by atoms with Crippen LogP contribution in [0.25, 0.3) is 0 Å². The van der Waals surface area contributed by atoms with Gasteiger partial charge in [0.25, 0.3) is 0 Å². The zero-order valence-corrected chi connectivity index (χ0v) is 13.1. The number of nitrogens with two attached hydrogens (primary N) is 1. The van der Waals surface area contributed by atoms with Gasteiger partial charge in [-0.3, -0.25) is 0 Å². The van der Waals surface area contributed by atoms with Gasteiger partial charge >= 0.3 is 0 Å². The van der Waals surface area contributed by atoms with Gasteiger partial charge in [-0.1, -0.05) is 35.9 Å². The Bertz CT molecular complexity index is 599. The molecule has 0 aromatic heterocycles. The van der Waals surface area contributed by atoms with E-state index >= 15 is 0 Å². The van der Waals surface area contributed by atoms with Gasteiger partial charge in [-0.2, -0.15) is 0 Å². The van der Waals surface area contributed by atoms with Crippen LogP contribution in [-0.4, -0.2) is 13.2 Å². The zero-order valence-electron chi connectivity index (χ0n) is 12.3. The second kappa shape index (κ2) is 7.34. The molecule has 0 aliphatic carbocycles. The van der Waals surface area contributed by atoms with Gasteiger partial charge in [0.15, 0.2) is 0 Å². The van der Waals surface area contributed by atoms with Crippen molar-refractivity contribution in [1.29, 1.82) is 0 Å². The summed E-state index contributed by atoms with van der Waals surface area (Å²) in [5.74, 6) is 1.55. The Morgan fingerprint density at radius 3 is 2.57 bits per heavy atom. The molecule has 0 saturated heterocycles. The predicted octanol–water partition coefficient (Wildman–Crippen LogP) is 3.82. The summed E-state index contributed by atoms with van der Waals surface area (Å²) in [7, 11) is 1.64. The minimum Gasteiger partial charge on any atom is -0.497 e. The van der Waals surface area contributed by atoms with Gasteiger partial charge in [-0.25, -0.2) is 0 Å². The predicted molar refractivity (Wildman–Crippen MR) is 86.1 cm³/mol. The van der Waals surface area contributed by atoms with Gasteiger partial charge in [0.2, 0.25) is 0 Å². The molecule has 0 aliphatic rings. The van der Waals surface area contributed by atoms with Gasteiger partial charge in [-0.05, 0) is 31.0 Å². The van der Waals surface area contributed by atoms with Crippen LogP contribution in [0.15, 0.2) is 42.5 Å². The topological polar surface area (TPSA) is 44.5 Å². The molecule has 0 amide bonds. The maximum atomic E-state index is 6.15. The third-order valence-corrected chi connectivity index (χ3v) is 3.53. The number of ether oxygens (including phenoxy) is 2. The van der Waals surface area contributed by atoms with Crippen molar-refractivity contribution in [1.82, 2.24) is 0 Å². The first-order chi connectivity index (χ1) is 10.1. The number of rotatable bonds is 6. The molecular formula is C17H20ClNO2. The Kier molecular flexibility index (Phi) is 5.48. The highest BCUT2D eigenvalue weighted by Crippen LogP contribution is 2.27. The highest BCUT2D eigenvalue weighted by Gasteiger charge is 2.09. The van der Waals surface area contributed by atoms with Gasteiger partial charge in [0, 0.05) is 22.7 Å². The highest BCUT2D eigenvalue weighted by atomic mass is 35.5. The molecule has 1 atom stereocenters. The summed E-state index contributed by atoms with van der Waals surface area (Å²) >= 11 is 6.15. The average Bonchev–Trinajstić information content (AvgIpc) is 2.47. The molecule has 2 aromatic carbocycles. The summed E-state index contributed by atoms with van der Waals surface area (Å²) in [6.07, 6.45) is 0.752. The van der Waals surface area contributed by atoms with Crippen LogP contribution in [0.1, 0.15) is 18.1 Å².